The van der Waals surface area contributed by atoms with E-state index in [1.165, 1.54) is 12.1 Å². The van der Waals surface area contributed by atoms with Crippen LogP contribution in [0.4, 0.5) is 13.2 Å². The van der Waals surface area contributed by atoms with Gasteiger partial charge in [-0.25, -0.2) is 0 Å². The number of benzene rings is 1. The van der Waals surface area contributed by atoms with Crippen LogP contribution >= 0.6 is 0 Å². The fraction of sp³-hybridized carbons (Fsp3) is 0.625. The monoisotopic (exact) mass is 303 g/mol. The molecule has 0 bridgehead atoms. The Bertz CT molecular complexity index is 446. The van der Waals surface area contributed by atoms with Crippen LogP contribution in [0.15, 0.2) is 18.2 Å². The van der Waals surface area contributed by atoms with E-state index >= 15 is 0 Å². The van der Waals surface area contributed by atoms with Gasteiger partial charge < -0.3 is 10.5 Å². The van der Waals surface area contributed by atoms with Crippen LogP contribution in [-0.4, -0.2) is 12.6 Å². The van der Waals surface area contributed by atoms with E-state index < -0.39 is 11.7 Å². The maximum absolute atomic E-state index is 12.9. The first-order valence-electron chi connectivity index (χ1n) is 7.39. The second-order valence-corrected chi connectivity index (χ2v) is 5.33. The molecule has 1 aromatic carbocycles. The third-order valence-electron chi connectivity index (χ3n) is 3.66. The standard InChI is InChI=1S/C16H24F3NO/c1-4-13(20)8-6-11(3)14-10-12(16(17,18)19)7-9-15(14)21-5-2/h7,9-11,13H,4-6,8,20H2,1-3H3. The minimum Gasteiger partial charge on any atom is -0.494 e. The van der Waals surface area contributed by atoms with Gasteiger partial charge in [-0.05, 0) is 55.9 Å². The molecule has 0 aliphatic heterocycles. The molecule has 1 rings (SSSR count). The van der Waals surface area contributed by atoms with E-state index in [1.807, 2.05) is 20.8 Å². The van der Waals surface area contributed by atoms with E-state index in [1.54, 1.807) is 0 Å². The van der Waals surface area contributed by atoms with Gasteiger partial charge in [-0.15, -0.1) is 0 Å². The third kappa shape index (κ3) is 5.23. The highest BCUT2D eigenvalue weighted by Gasteiger charge is 2.31. The van der Waals surface area contributed by atoms with E-state index in [0.29, 0.717) is 17.9 Å². The molecule has 5 heteroatoms. The number of ether oxygens (including phenoxy) is 1. The van der Waals surface area contributed by atoms with Gasteiger partial charge >= 0.3 is 6.18 Å². The maximum Gasteiger partial charge on any atom is 0.416 e. The molecule has 2 atom stereocenters. The number of alkyl halides is 3. The summed E-state index contributed by atoms with van der Waals surface area (Å²) in [6, 6.07) is 3.78. The minimum atomic E-state index is -4.33. The molecule has 0 fully saturated rings. The van der Waals surface area contributed by atoms with Crippen molar-refractivity contribution < 1.29 is 17.9 Å². The van der Waals surface area contributed by atoms with Crippen molar-refractivity contribution in [1.29, 1.82) is 0 Å². The van der Waals surface area contributed by atoms with Crippen LogP contribution in [0.3, 0.4) is 0 Å². The van der Waals surface area contributed by atoms with Crippen molar-refractivity contribution in [2.24, 2.45) is 5.73 Å². The van der Waals surface area contributed by atoms with Crippen molar-refractivity contribution in [3.63, 3.8) is 0 Å². The first-order valence-corrected chi connectivity index (χ1v) is 7.39. The average Bonchev–Trinajstić information content (AvgIpc) is 2.43. The van der Waals surface area contributed by atoms with Crippen molar-refractivity contribution in [2.45, 2.75) is 58.2 Å². The Labute approximate surface area is 124 Å². The Balaban J connectivity index is 2.99. The van der Waals surface area contributed by atoms with Crippen LogP contribution in [0.25, 0.3) is 0 Å². The molecule has 2 unspecified atom stereocenters. The molecule has 2 nitrogen and oxygen atoms in total. The largest absolute Gasteiger partial charge is 0.494 e. The van der Waals surface area contributed by atoms with Crippen molar-refractivity contribution in [2.75, 3.05) is 6.61 Å². The van der Waals surface area contributed by atoms with Gasteiger partial charge in [-0.3, -0.25) is 0 Å². The Hall–Kier alpha value is -1.23. The van der Waals surface area contributed by atoms with Gasteiger partial charge in [0.05, 0.1) is 12.2 Å². The van der Waals surface area contributed by atoms with E-state index in [2.05, 4.69) is 0 Å². The van der Waals surface area contributed by atoms with Crippen molar-refractivity contribution in [3.05, 3.63) is 29.3 Å². The van der Waals surface area contributed by atoms with Gasteiger partial charge in [-0.2, -0.15) is 13.2 Å². The number of halogens is 3. The van der Waals surface area contributed by atoms with Gasteiger partial charge in [0, 0.05) is 6.04 Å². The van der Waals surface area contributed by atoms with Crippen LogP contribution in [-0.2, 0) is 6.18 Å². The summed E-state index contributed by atoms with van der Waals surface area (Å²) in [5.74, 6) is 0.509. The molecule has 0 aromatic heterocycles. The number of nitrogens with two attached hydrogens (primary N) is 1. The molecule has 0 radical (unpaired) electrons. The van der Waals surface area contributed by atoms with Crippen LogP contribution in [0.5, 0.6) is 5.75 Å². The Kier molecular flexibility index (Phi) is 6.52. The lowest BCUT2D eigenvalue weighted by atomic mass is 9.91. The van der Waals surface area contributed by atoms with Crippen molar-refractivity contribution >= 4 is 0 Å². The van der Waals surface area contributed by atoms with E-state index in [0.717, 1.165) is 25.3 Å². The lowest BCUT2D eigenvalue weighted by Gasteiger charge is -2.20. The Morgan fingerprint density at radius 1 is 1.19 bits per heavy atom. The summed E-state index contributed by atoms with van der Waals surface area (Å²) in [5, 5.41) is 0. The lowest BCUT2D eigenvalue weighted by molar-refractivity contribution is -0.137. The predicted octanol–water partition coefficient (Wildman–Crippen LogP) is 4.73. The maximum atomic E-state index is 12.9. The summed E-state index contributed by atoms with van der Waals surface area (Å²) >= 11 is 0. The molecule has 1 aromatic rings. The Morgan fingerprint density at radius 2 is 1.86 bits per heavy atom. The second kappa shape index (κ2) is 7.69. The lowest BCUT2D eigenvalue weighted by Crippen LogP contribution is -2.19. The number of hydrogen-bond donors (Lipinski definition) is 1. The SMILES string of the molecule is CCOc1ccc(C(F)(F)F)cc1C(C)CCC(N)CC. The second-order valence-electron chi connectivity index (χ2n) is 5.33. The molecule has 21 heavy (non-hydrogen) atoms. The van der Waals surface area contributed by atoms with Gasteiger partial charge in [0.25, 0.3) is 0 Å². The zero-order chi connectivity index (χ0) is 16.0. The number of rotatable bonds is 7. The molecule has 120 valence electrons. The fourth-order valence-electron chi connectivity index (χ4n) is 2.22. The van der Waals surface area contributed by atoms with Crippen molar-refractivity contribution in [3.8, 4) is 5.75 Å². The van der Waals surface area contributed by atoms with Crippen LogP contribution in [0, 0.1) is 0 Å². The molecule has 2 N–H and O–H groups in total. The van der Waals surface area contributed by atoms with Crippen LogP contribution < -0.4 is 10.5 Å². The minimum absolute atomic E-state index is 0.0218. The molecule has 0 aliphatic carbocycles. The summed E-state index contributed by atoms with van der Waals surface area (Å²) in [5.41, 5.74) is 5.86. The van der Waals surface area contributed by atoms with Gasteiger partial charge in [0.15, 0.2) is 0 Å². The third-order valence-corrected chi connectivity index (χ3v) is 3.66. The van der Waals surface area contributed by atoms with Crippen LogP contribution in [0.2, 0.25) is 0 Å². The molecule has 0 aliphatic rings. The summed E-state index contributed by atoms with van der Waals surface area (Å²) in [4.78, 5) is 0. The summed E-state index contributed by atoms with van der Waals surface area (Å²) in [6.45, 7) is 6.17. The van der Waals surface area contributed by atoms with E-state index in [9.17, 15) is 13.2 Å². The normalized spacial score (nSPS) is 14.8. The van der Waals surface area contributed by atoms with E-state index in [4.69, 9.17) is 10.5 Å². The first kappa shape index (κ1) is 17.8. The van der Waals surface area contributed by atoms with Crippen molar-refractivity contribution in [1.82, 2.24) is 0 Å². The highest BCUT2D eigenvalue weighted by Crippen LogP contribution is 2.36. The first-order chi connectivity index (χ1) is 9.79. The summed E-state index contributed by atoms with van der Waals surface area (Å²) in [7, 11) is 0. The highest BCUT2D eigenvalue weighted by molar-refractivity contribution is 5.40. The topological polar surface area (TPSA) is 35.2 Å². The van der Waals surface area contributed by atoms with E-state index in [-0.39, 0.29) is 12.0 Å². The molecule has 0 saturated heterocycles. The molecule has 0 amide bonds. The molecular weight excluding hydrogens is 279 g/mol. The zero-order valence-corrected chi connectivity index (χ0v) is 12.8. The molecule has 0 spiro atoms. The summed E-state index contributed by atoms with van der Waals surface area (Å²) < 4.78 is 44.0. The quantitative estimate of drug-likeness (QED) is 0.790. The fourth-order valence-corrected chi connectivity index (χ4v) is 2.22. The smallest absolute Gasteiger partial charge is 0.416 e. The predicted molar refractivity (Wildman–Crippen MR) is 78.5 cm³/mol. The molecule has 0 heterocycles. The van der Waals surface area contributed by atoms with Crippen LogP contribution in [0.1, 0.15) is 57.1 Å². The zero-order valence-electron chi connectivity index (χ0n) is 12.8. The van der Waals surface area contributed by atoms with Gasteiger partial charge in [0.2, 0.25) is 0 Å². The Morgan fingerprint density at radius 3 is 2.38 bits per heavy atom. The van der Waals surface area contributed by atoms with Gasteiger partial charge in [-0.1, -0.05) is 13.8 Å². The summed E-state index contributed by atoms with van der Waals surface area (Å²) in [6.07, 6.45) is -1.93. The molecule has 0 saturated carbocycles. The average molecular weight is 303 g/mol. The molecular formula is C16H24F3NO. The number of hydrogen-bond acceptors (Lipinski definition) is 2. The van der Waals surface area contributed by atoms with Gasteiger partial charge in [0.1, 0.15) is 5.75 Å². The highest BCUT2D eigenvalue weighted by atomic mass is 19.4.